The summed E-state index contributed by atoms with van der Waals surface area (Å²) in [6.07, 6.45) is 12.5. The van der Waals surface area contributed by atoms with Gasteiger partial charge in [0.15, 0.2) is 0 Å². The number of cyclic esters (lactones) is 1. The summed E-state index contributed by atoms with van der Waals surface area (Å²) in [5.41, 5.74) is 1.28. The minimum atomic E-state index is -0.131. The molecule has 4 saturated carbocycles. The summed E-state index contributed by atoms with van der Waals surface area (Å²) in [5.74, 6) is 1.65. The number of fused-ring (bicyclic) bond motifs is 7. The van der Waals surface area contributed by atoms with Crippen molar-refractivity contribution in [2.75, 3.05) is 6.61 Å². The molecule has 0 unspecified atom stereocenters. The predicted octanol–water partition coefficient (Wildman–Crippen LogP) is 7.73. The Morgan fingerprint density at radius 2 is 1.47 bits per heavy atom. The first-order chi connectivity index (χ1) is 16.6. The first-order valence-corrected chi connectivity index (χ1v) is 14.9. The Kier molecular flexibility index (Phi) is 6.06. The summed E-state index contributed by atoms with van der Waals surface area (Å²) in [7, 11) is 0. The van der Waals surface area contributed by atoms with Crippen molar-refractivity contribution < 1.29 is 19.1 Å². The lowest BCUT2D eigenvalue weighted by Gasteiger charge is -2.74. The van der Waals surface area contributed by atoms with Gasteiger partial charge in [0.2, 0.25) is 0 Å². The van der Waals surface area contributed by atoms with Crippen LogP contribution < -0.4 is 0 Å². The van der Waals surface area contributed by atoms with E-state index in [1.165, 1.54) is 51.4 Å². The second-order valence-electron chi connectivity index (χ2n) is 15.7. The number of hydrogen-bond donors (Lipinski definition) is 0. The second kappa shape index (κ2) is 8.22. The van der Waals surface area contributed by atoms with Crippen LogP contribution in [0.1, 0.15) is 126 Å². The van der Waals surface area contributed by atoms with Gasteiger partial charge in [0.05, 0.1) is 6.61 Å². The van der Waals surface area contributed by atoms with Crippen molar-refractivity contribution in [1.29, 1.82) is 0 Å². The molecule has 4 nitrogen and oxygen atoms in total. The Bertz CT molecular complexity index is 925. The van der Waals surface area contributed by atoms with Crippen molar-refractivity contribution in [1.82, 2.24) is 0 Å². The van der Waals surface area contributed by atoms with Crippen molar-refractivity contribution in [3.63, 3.8) is 0 Å². The summed E-state index contributed by atoms with van der Waals surface area (Å²) < 4.78 is 11.8. The Hall–Kier alpha value is -1.06. The zero-order chi connectivity index (χ0) is 26.4. The molecule has 0 aromatic rings. The maximum atomic E-state index is 12.5. The molecule has 36 heavy (non-hydrogen) atoms. The fraction of sp³-hybridized carbons (Fsp3) is 0.938. The van der Waals surface area contributed by atoms with E-state index < -0.39 is 0 Å². The monoisotopic (exact) mass is 500 g/mol. The van der Waals surface area contributed by atoms with Crippen LogP contribution in [0.4, 0.5) is 0 Å². The quantitative estimate of drug-likeness (QED) is 0.364. The minimum absolute atomic E-state index is 0.00160. The number of ether oxygens (including phenoxy) is 2. The first-order valence-electron chi connectivity index (χ1n) is 14.9. The van der Waals surface area contributed by atoms with Crippen LogP contribution in [0.2, 0.25) is 0 Å². The number of carbonyl (C=O) groups excluding carboxylic acids is 2. The molecule has 4 aliphatic carbocycles. The Labute approximate surface area is 220 Å². The van der Waals surface area contributed by atoms with Gasteiger partial charge < -0.3 is 9.47 Å². The molecule has 9 atom stereocenters. The molecule has 5 aliphatic rings. The normalized spacial score (nSPS) is 51.9. The molecule has 0 aromatic heterocycles. The lowest BCUT2D eigenvalue weighted by Crippen LogP contribution is -2.68. The molecule has 1 saturated heterocycles. The van der Waals surface area contributed by atoms with Gasteiger partial charge in [0.25, 0.3) is 0 Å². The van der Waals surface area contributed by atoms with Crippen molar-refractivity contribution in [2.45, 2.75) is 132 Å². The Morgan fingerprint density at radius 1 is 0.833 bits per heavy atom. The van der Waals surface area contributed by atoms with Gasteiger partial charge in [0.1, 0.15) is 6.10 Å². The fourth-order valence-corrected chi connectivity index (χ4v) is 11.2. The van der Waals surface area contributed by atoms with Crippen molar-refractivity contribution in [2.24, 2.45) is 50.2 Å². The zero-order valence-corrected chi connectivity index (χ0v) is 24.4. The third-order valence-corrected chi connectivity index (χ3v) is 13.8. The molecule has 0 aromatic carbocycles. The molecule has 0 N–H and O–H groups in total. The van der Waals surface area contributed by atoms with Crippen LogP contribution >= 0.6 is 0 Å². The molecule has 204 valence electrons. The van der Waals surface area contributed by atoms with Gasteiger partial charge in [-0.2, -0.15) is 0 Å². The van der Waals surface area contributed by atoms with Crippen LogP contribution in [0.5, 0.6) is 0 Å². The van der Waals surface area contributed by atoms with Crippen molar-refractivity contribution in [3.8, 4) is 0 Å². The summed E-state index contributed by atoms with van der Waals surface area (Å²) >= 11 is 0. The van der Waals surface area contributed by atoms with Gasteiger partial charge in [-0.1, -0.05) is 41.5 Å². The van der Waals surface area contributed by atoms with Crippen LogP contribution in [-0.4, -0.2) is 24.6 Å². The van der Waals surface area contributed by atoms with Gasteiger partial charge >= 0.3 is 11.9 Å². The fourth-order valence-electron chi connectivity index (χ4n) is 11.2. The highest BCUT2D eigenvalue weighted by molar-refractivity contribution is 5.70. The molecule has 0 amide bonds. The van der Waals surface area contributed by atoms with Crippen molar-refractivity contribution in [3.05, 3.63) is 0 Å². The topological polar surface area (TPSA) is 52.6 Å². The Morgan fingerprint density at radius 3 is 2.17 bits per heavy atom. The molecule has 1 heterocycles. The number of rotatable bonds is 2. The van der Waals surface area contributed by atoms with E-state index >= 15 is 0 Å². The highest BCUT2D eigenvalue weighted by Gasteiger charge is 2.71. The molecule has 0 bridgehead atoms. The Balaban J connectivity index is 1.54. The summed E-state index contributed by atoms with van der Waals surface area (Å²) in [6.45, 7) is 19.6. The maximum absolute atomic E-state index is 12.5. The van der Waals surface area contributed by atoms with E-state index in [0.29, 0.717) is 36.2 Å². The van der Waals surface area contributed by atoms with Crippen LogP contribution in [0.25, 0.3) is 0 Å². The highest BCUT2D eigenvalue weighted by atomic mass is 16.5. The van der Waals surface area contributed by atoms with Gasteiger partial charge in [0, 0.05) is 24.2 Å². The molecule has 0 spiro atoms. The molecule has 5 rings (SSSR count). The second-order valence-corrected chi connectivity index (χ2v) is 15.7. The SMILES string of the molecule is CC(=O)OC[C@]12CCC(C)(C)C[C@H]1[C@]1(C)CC[C@@]3(C)[C@@H]4CCC(=O)O[C@H](C)[C@@]4(C)CC[C@@H]3[C@@]1(C)CC2. The summed E-state index contributed by atoms with van der Waals surface area (Å²) in [4.78, 5) is 24.4. The largest absolute Gasteiger partial charge is 0.465 e. The van der Waals surface area contributed by atoms with Crippen LogP contribution in [-0.2, 0) is 19.1 Å². The molecule has 5 fully saturated rings. The lowest BCUT2D eigenvalue weighted by molar-refractivity contribution is -0.263. The van der Waals surface area contributed by atoms with E-state index in [1.54, 1.807) is 6.92 Å². The van der Waals surface area contributed by atoms with E-state index in [1.807, 2.05) is 0 Å². The number of carbonyl (C=O) groups is 2. The van der Waals surface area contributed by atoms with Gasteiger partial charge in [-0.25, -0.2) is 0 Å². The van der Waals surface area contributed by atoms with Crippen LogP contribution in [0, 0.1) is 50.2 Å². The third kappa shape index (κ3) is 3.58. The van der Waals surface area contributed by atoms with Crippen molar-refractivity contribution >= 4 is 11.9 Å². The van der Waals surface area contributed by atoms with Gasteiger partial charge in [-0.15, -0.1) is 0 Å². The smallest absolute Gasteiger partial charge is 0.306 e. The number of esters is 2. The zero-order valence-electron chi connectivity index (χ0n) is 24.4. The van der Waals surface area contributed by atoms with E-state index in [4.69, 9.17) is 9.47 Å². The molecule has 0 radical (unpaired) electrons. The average molecular weight is 501 g/mol. The lowest BCUT2D eigenvalue weighted by atomic mass is 9.30. The molecule has 4 heteroatoms. The van der Waals surface area contributed by atoms with E-state index in [9.17, 15) is 9.59 Å². The standard InChI is InChI=1S/C32H52O4/c1-21-28(5)12-11-24-29(6,23(28)9-10-26(34)36-21)14-15-31(8)25-19-27(3,4)13-17-32(25,20-35-22(2)33)18-16-30(24,31)7/h21,23-25H,9-20H2,1-8H3/t21-,23-,24+,25+,28-,29+,30-,31+,32-/m1/s1. The van der Waals surface area contributed by atoms with E-state index in [2.05, 4.69) is 48.5 Å². The van der Waals surface area contributed by atoms with E-state index in [-0.39, 0.29) is 45.1 Å². The van der Waals surface area contributed by atoms with Crippen LogP contribution in [0.3, 0.4) is 0 Å². The average Bonchev–Trinajstić information content (AvgIpc) is 2.90. The first kappa shape index (κ1) is 26.5. The molecular formula is C32H52O4. The maximum Gasteiger partial charge on any atom is 0.306 e. The molecule has 1 aliphatic heterocycles. The predicted molar refractivity (Wildman–Crippen MR) is 142 cm³/mol. The van der Waals surface area contributed by atoms with Gasteiger partial charge in [-0.3, -0.25) is 9.59 Å². The minimum Gasteiger partial charge on any atom is -0.465 e. The van der Waals surface area contributed by atoms with E-state index in [0.717, 1.165) is 12.8 Å². The third-order valence-electron chi connectivity index (χ3n) is 13.8. The summed E-state index contributed by atoms with van der Waals surface area (Å²) in [5, 5.41) is 0. The summed E-state index contributed by atoms with van der Waals surface area (Å²) in [6, 6.07) is 0. The number of hydrogen-bond acceptors (Lipinski definition) is 4. The van der Waals surface area contributed by atoms with Crippen LogP contribution in [0.15, 0.2) is 0 Å². The van der Waals surface area contributed by atoms with Gasteiger partial charge in [-0.05, 0) is 111 Å². The molecular weight excluding hydrogens is 448 g/mol. The highest BCUT2D eigenvalue weighted by Crippen LogP contribution is 2.78.